The van der Waals surface area contributed by atoms with Crippen molar-refractivity contribution in [1.82, 2.24) is 15.1 Å². The molecule has 4 aromatic rings. The molecule has 2 aliphatic rings. The van der Waals surface area contributed by atoms with E-state index in [4.69, 9.17) is 4.42 Å². The number of benzene rings is 3. The molecular formula is C42H49N3O4. The van der Waals surface area contributed by atoms with Gasteiger partial charge in [-0.3, -0.25) is 9.59 Å². The first-order chi connectivity index (χ1) is 24.0. The third-order valence-corrected chi connectivity index (χ3v) is 10.2. The second-order valence-corrected chi connectivity index (χ2v) is 13.7. The van der Waals surface area contributed by atoms with Crippen LogP contribution in [0.15, 0.2) is 102 Å². The summed E-state index contributed by atoms with van der Waals surface area (Å²) in [6.45, 7) is 4.95. The number of likely N-dealkylation sites (tertiary alicyclic amines) is 1. The molecule has 0 unspecified atom stereocenters. The van der Waals surface area contributed by atoms with Crippen molar-refractivity contribution in [2.75, 3.05) is 32.7 Å². The normalized spacial score (nSPS) is 15.9. The maximum absolute atomic E-state index is 13.6. The van der Waals surface area contributed by atoms with E-state index in [1.54, 1.807) is 36.6 Å². The van der Waals surface area contributed by atoms with Gasteiger partial charge in [0.2, 0.25) is 5.91 Å². The van der Waals surface area contributed by atoms with Gasteiger partial charge in [0.25, 0.3) is 5.91 Å². The van der Waals surface area contributed by atoms with Crippen molar-refractivity contribution in [3.63, 3.8) is 0 Å². The van der Waals surface area contributed by atoms with Crippen molar-refractivity contribution in [1.29, 1.82) is 0 Å². The van der Waals surface area contributed by atoms with Crippen molar-refractivity contribution in [3.8, 4) is 16.9 Å². The third kappa shape index (κ3) is 9.96. The zero-order valence-corrected chi connectivity index (χ0v) is 28.4. The van der Waals surface area contributed by atoms with Crippen LogP contribution >= 0.6 is 0 Å². The van der Waals surface area contributed by atoms with Gasteiger partial charge in [-0.05, 0) is 128 Å². The van der Waals surface area contributed by atoms with E-state index in [0.717, 1.165) is 65.6 Å². The lowest BCUT2D eigenvalue weighted by atomic mass is 9.87. The molecule has 49 heavy (non-hydrogen) atoms. The number of rotatable bonds is 13. The maximum Gasteiger partial charge on any atom is 0.253 e. The highest BCUT2D eigenvalue weighted by Crippen LogP contribution is 2.28. The summed E-state index contributed by atoms with van der Waals surface area (Å²) in [5, 5.41) is 13.1. The molecule has 256 valence electrons. The van der Waals surface area contributed by atoms with Crippen LogP contribution in [0, 0.1) is 11.8 Å². The summed E-state index contributed by atoms with van der Waals surface area (Å²) in [6.07, 6.45) is 14.3. The highest BCUT2D eigenvalue weighted by Gasteiger charge is 2.24. The summed E-state index contributed by atoms with van der Waals surface area (Å²) in [7, 11) is 0. The van der Waals surface area contributed by atoms with Crippen LogP contribution in [0.3, 0.4) is 0 Å². The number of nitrogens with one attached hydrogen (secondary N) is 1. The lowest BCUT2D eigenvalue weighted by Gasteiger charge is -2.32. The van der Waals surface area contributed by atoms with Crippen LogP contribution in [-0.2, 0) is 17.8 Å². The zero-order valence-electron chi connectivity index (χ0n) is 28.4. The number of nitrogens with zero attached hydrogens (tertiary/aromatic N) is 2. The molecule has 2 aliphatic heterocycles. The molecule has 7 heteroatoms. The van der Waals surface area contributed by atoms with Crippen molar-refractivity contribution in [2.45, 2.75) is 57.9 Å². The fourth-order valence-corrected chi connectivity index (χ4v) is 7.21. The molecule has 0 saturated carbocycles. The monoisotopic (exact) mass is 659 g/mol. The Bertz CT molecular complexity index is 1670. The van der Waals surface area contributed by atoms with E-state index >= 15 is 0 Å². The number of amides is 2. The summed E-state index contributed by atoms with van der Waals surface area (Å²) in [4.78, 5) is 30.9. The van der Waals surface area contributed by atoms with Gasteiger partial charge in [-0.1, -0.05) is 61.7 Å². The fourth-order valence-electron chi connectivity index (χ4n) is 7.21. The van der Waals surface area contributed by atoms with Crippen molar-refractivity contribution in [2.24, 2.45) is 11.8 Å². The molecule has 2 amide bonds. The highest BCUT2D eigenvalue weighted by molar-refractivity contribution is 5.95. The van der Waals surface area contributed by atoms with Crippen LogP contribution < -0.4 is 5.32 Å². The summed E-state index contributed by atoms with van der Waals surface area (Å²) in [5.41, 5.74) is 4.76. The molecule has 6 rings (SSSR count). The SMILES string of the molecule is O=C(/C=C/c1ccco1)N(CCc1ccc(O)cc1)Cc1cccc(-c2cccc(C(=O)N3CCC(CCCC4CCNCC4)CC3)c2)c1. The van der Waals surface area contributed by atoms with E-state index in [2.05, 4.69) is 17.4 Å². The molecule has 0 atom stereocenters. The number of phenols is 1. The Morgan fingerprint density at radius 1 is 0.837 bits per heavy atom. The first kappa shape index (κ1) is 34.3. The Morgan fingerprint density at radius 2 is 1.55 bits per heavy atom. The van der Waals surface area contributed by atoms with E-state index in [9.17, 15) is 14.7 Å². The van der Waals surface area contributed by atoms with E-state index in [1.807, 2.05) is 64.4 Å². The van der Waals surface area contributed by atoms with Crippen LogP contribution in [0.2, 0.25) is 0 Å². The second kappa shape index (κ2) is 17.2. The molecule has 1 aromatic heterocycles. The minimum atomic E-state index is -0.112. The van der Waals surface area contributed by atoms with E-state index in [1.165, 1.54) is 45.2 Å². The lowest BCUT2D eigenvalue weighted by molar-refractivity contribution is -0.126. The molecule has 7 nitrogen and oxygen atoms in total. The van der Waals surface area contributed by atoms with Gasteiger partial charge < -0.3 is 24.6 Å². The number of hydrogen-bond acceptors (Lipinski definition) is 5. The molecule has 0 spiro atoms. The molecule has 3 heterocycles. The molecule has 0 aliphatic carbocycles. The van der Waals surface area contributed by atoms with Crippen LogP contribution in [0.5, 0.6) is 5.75 Å². The number of piperidine rings is 2. The van der Waals surface area contributed by atoms with Gasteiger partial charge in [-0.25, -0.2) is 0 Å². The quantitative estimate of drug-likeness (QED) is 0.142. The van der Waals surface area contributed by atoms with Crippen molar-refractivity contribution < 1.29 is 19.1 Å². The topological polar surface area (TPSA) is 86.0 Å². The van der Waals surface area contributed by atoms with Gasteiger partial charge >= 0.3 is 0 Å². The van der Waals surface area contributed by atoms with Gasteiger partial charge in [0.05, 0.1) is 6.26 Å². The van der Waals surface area contributed by atoms with Crippen molar-refractivity contribution >= 4 is 17.9 Å². The van der Waals surface area contributed by atoms with Crippen molar-refractivity contribution in [3.05, 3.63) is 120 Å². The largest absolute Gasteiger partial charge is 0.508 e. The standard InChI is InChI=1S/C42H49N3O4/c46-39-14-12-34(13-15-39)22-27-45(41(47)17-16-40-11-4-28-49-40)31-35-7-2-8-36(29-35)37-9-3-10-38(30-37)42(48)44-25-20-33(21-26-44)6-1-5-32-18-23-43-24-19-32/h2-4,7-17,28-30,32-33,43,46H,1,5-6,18-27,31H2/b17-16+. The summed E-state index contributed by atoms with van der Waals surface area (Å²) >= 11 is 0. The number of phenolic OH excluding ortho intramolecular Hbond substituents is 1. The molecular weight excluding hydrogens is 610 g/mol. The Balaban J connectivity index is 1.07. The second-order valence-electron chi connectivity index (χ2n) is 13.7. The van der Waals surface area contributed by atoms with Crippen LogP contribution in [-0.4, -0.2) is 59.4 Å². The van der Waals surface area contributed by atoms with Gasteiger partial charge in [-0.15, -0.1) is 0 Å². The number of hydrogen-bond donors (Lipinski definition) is 2. The molecule has 0 bridgehead atoms. The number of furan rings is 1. The summed E-state index contributed by atoms with van der Waals surface area (Å²) < 4.78 is 5.38. The maximum atomic E-state index is 13.6. The first-order valence-corrected chi connectivity index (χ1v) is 18.0. The van der Waals surface area contributed by atoms with E-state index in [-0.39, 0.29) is 17.6 Å². The smallest absolute Gasteiger partial charge is 0.253 e. The van der Waals surface area contributed by atoms with Crippen LogP contribution in [0.4, 0.5) is 0 Å². The Hall–Kier alpha value is -4.62. The van der Waals surface area contributed by atoms with Crippen LogP contribution in [0.1, 0.15) is 72.2 Å². The predicted octanol–water partition coefficient (Wildman–Crippen LogP) is 7.96. The number of carbonyl (C=O) groups excluding carboxylic acids is 2. The fraction of sp³-hybridized carbons (Fsp3) is 0.381. The average Bonchev–Trinajstić information content (AvgIpc) is 3.68. The Kier molecular flexibility index (Phi) is 12.0. The molecule has 2 fully saturated rings. The lowest BCUT2D eigenvalue weighted by Crippen LogP contribution is -2.38. The first-order valence-electron chi connectivity index (χ1n) is 18.0. The highest BCUT2D eigenvalue weighted by atomic mass is 16.3. The molecule has 3 aromatic carbocycles. The Labute approximate surface area is 290 Å². The third-order valence-electron chi connectivity index (χ3n) is 10.2. The van der Waals surface area contributed by atoms with Gasteiger partial charge in [0.1, 0.15) is 11.5 Å². The minimum Gasteiger partial charge on any atom is -0.508 e. The Morgan fingerprint density at radius 3 is 2.29 bits per heavy atom. The summed E-state index contributed by atoms with van der Waals surface area (Å²) in [5.74, 6) is 2.46. The van der Waals surface area contributed by atoms with E-state index in [0.29, 0.717) is 25.3 Å². The number of carbonyl (C=O) groups is 2. The number of aromatic hydroxyl groups is 1. The summed E-state index contributed by atoms with van der Waals surface area (Å²) in [6, 6.07) is 26.9. The minimum absolute atomic E-state index is 0.112. The predicted molar refractivity (Wildman–Crippen MR) is 195 cm³/mol. The van der Waals surface area contributed by atoms with Gasteiger partial charge in [-0.2, -0.15) is 0 Å². The van der Waals surface area contributed by atoms with Gasteiger partial charge in [0, 0.05) is 37.8 Å². The van der Waals surface area contributed by atoms with Gasteiger partial charge in [0.15, 0.2) is 0 Å². The van der Waals surface area contributed by atoms with Crippen LogP contribution in [0.25, 0.3) is 17.2 Å². The molecule has 0 radical (unpaired) electrons. The molecule has 2 N–H and O–H groups in total. The zero-order chi connectivity index (χ0) is 33.8. The van der Waals surface area contributed by atoms with E-state index < -0.39 is 0 Å². The molecule has 2 saturated heterocycles. The average molecular weight is 660 g/mol.